The molecule has 0 atom stereocenters. The number of piperidine rings is 1. The van der Waals surface area contributed by atoms with Crippen LogP contribution in [0.25, 0.3) is 0 Å². The predicted molar refractivity (Wildman–Crippen MR) is 68.1 cm³/mol. The van der Waals surface area contributed by atoms with E-state index < -0.39 is 0 Å². The van der Waals surface area contributed by atoms with E-state index >= 15 is 0 Å². The Morgan fingerprint density at radius 3 is 3.00 bits per heavy atom. The Bertz CT molecular complexity index is 391. The third kappa shape index (κ3) is 3.68. The van der Waals surface area contributed by atoms with Crippen molar-refractivity contribution < 1.29 is 4.79 Å². The van der Waals surface area contributed by atoms with Crippen LogP contribution in [-0.2, 0) is 4.79 Å². The Kier molecular flexibility index (Phi) is 4.34. The van der Waals surface area contributed by atoms with Gasteiger partial charge in [-0.15, -0.1) is 0 Å². The molecule has 17 heavy (non-hydrogen) atoms. The summed E-state index contributed by atoms with van der Waals surface area (Å²) in [5.74, 6) is 0.499. The van der Waals surface area contributed by atoms with Crippen LogP contribution in [0.2, 0.25) is 5.15 Å². The molecule has 1 aliphatic heterocycles. The standard InChI is InChI=1S/C12H16ClN3O/c13-12-10(2-1-5-15-12)16-11(17)8-9-3-6-14-7-4-9/h1-2,5,9,14H,3-4,6-8H2,(H,16,17). The number of nitrogens with one attached hydrogen (secondary N) is 2. The number of hydrogen-bond donors (Lipinski definition) is 2. The van der Waals surface area contributed by atoms with Gasteiger partial charge in [-0.3, -0.25) is 4.79 Å². The molecule has 0 bridgehead atoms. The normalized spacial score (nSPS) is 16.8. The van der Waals surface area contributed by atoms with E-state index in [2.05, 4.69) is 15.6 Å². The van der Waals surface area contributed by atoms with Crippen molar-refractivity contribution in [1.29, 1.82) is 0 Å². The summed E-state index contributed by atoms with van der Waals surface area (Å²) in [5, 5.41) is 6.43. The van der Waals surface area contributed by atoms with Gasteiger partial charge in [-0.05, 0) is 44.0 Å². The van der Waals surface area contributed by atoms with Gasteiger partial charge in [0.15, 0.2) is 5.15 Å². The molecule has 1 amide bonds. The highest BCUT2D eigenvalue weighted by molar-refractivity contribution is 6.32. The fourth-order valence-electron chi connectivity index (χ4n) is 2.03. The maximum atomic E-state index is 11.8. The van der Waals surface area contributed by atoms with Gasteiger partial charge in [-0.25, -0.2) is 4.98 Å². The Morgan fingerprint density at radius 2 is 2.29 bits per heavy atom. The van der Waals surface area contributed by atoms with E-state index in [0.717, 1.165) is 25.9 Å². The summed E-state index contributed by atoms with van der Waals surface area (Å²) in [6, 6.07) is 3.52. The quantitative estimate of drug-likeness (QED) is 0.811. The lowest BCUT2D eigenvalue weighted by molar-refractivity contribution is -0.117. The van der Waals surface area contributed by atoms with Gasteiger partial charge in [0.05, 0.1) is 5.69 Å². The van der Waals surface area contributed by atoms with E-state index in [9.17, 15) is 4.79 Å². The number of pyridine rings is 1. The van der Waals surface area contributed by atoms with Crippen molar-refractivity contribution in [2.24, 2.45) is 5.92 Å². The molecule has 0 saturated carbocycles. The van der Waals surface area contributed by atoms with Crippen LogP contribution in [0.15, 0.2) is 18.3 Å². The number of rotatable bonds is 3. The number of anilines is 1. The lowest BCUT2D eigenvalue weighted by Crippen LogP contribution is -2.30. The molecule has 1 aliphatic rings. The van der Waals surface area contributed by atoms with Gasteiger partial charge in [0.1, 0.15) is 0 Å². The highest BCUT2D eigenvalue weighted by Gasteiger charge is 2.17. The largest absolute Gasteiger partial charge is 0.323 e. The Hall–Kier alpha value is -1.13. The third-order valence-electron chi connectivity index (χ3n) is 2.97. The fraction of sp³-hybridized carbons (Fsp3) is 0.500. The zero-order valence-electron chi connectivity index (χ0n) is 9.58. The van der Waals surface area contributed by atoms with E-state index in [1.165, 1.54) is 0 Å². The molecule has 0 spiro atoms. The van der Waals surface area contributed by atoms with Gasteiger partial charge < -0.3 is 10.6 Å². The van der Waals surface area contributed by atoms with E-state index in [0.29, 0.717) is 23.2 Å². The van der Waals surface area contributed by atoms with Crippen LogP contribution in [0.1, 0.15) is 19.3 Å². The molecule has 1 aromatic heterocycles. The molecule has 0 aromatic carbocycles. The second-order valence-corrected chi connectivity index (χ2v) is 4.65. The number of aromatic nitrogens is 1. The van der Waals surface area contributed by atoms with Crippen molar-refractivity contribution in [3.63, 3.8) is 0 Å². The van der Waals surface area contributed by atoms with Crippen molar-refractivity contribution >= 4 is 23.2 Å². The van der Waals surface area contributed by atoms with Crippen LogP contribution in [0.5, 0.6) is 0 Å². The monoisotopic (exact) mass is 253 g/mol. The van der Waals surface area contributed by atoms with Crippen LogP contribution in [0.3, 0.4) is 0 Å². The summed E-state index contributed by atoms with van der Waals surface area (Å²) >= 11 is 5.88. The average Bonchev–Trinajstić information content (AvgIpc) is 2.33. The van der Waals surface area contributed by atoms with Crippen molar-refractivity contribution in [2.75, 3.05) is 18.4 Å². The molecule has 1 saturated heterocycles. The first-order valence-electron chi connectivity index (χ1n) is 5.87. The lowest BCUT2D eigenvalue weighted by Gasteiger charge is -2.21. The molecule has 1 aromatic rings. The second-order valence-electron chi connectivity index (χ2n) is 4.29. The van der Waals surface area contributed by atoms with E-state index in [4.69, 9.17) is 11.6 Å². The molecule has 4 nitrogen and oxygen atoms in total. The molecule has 2 rings (SSSR count). The Balaban J connectivity index is 1.86. The van der Waals surface area contributed by atoms with Crippen LogP contribution < -0.4 is 10.6 Å². The third-order valence-corrected chi connectivity index (χ3v) is 3.27. The summed E-state index contributed by atoms with van der Waals surface area (Å²) in [7, 11) is 0. The zero-order chi connectivity index (χ0) is 12.1. The average molecular weight is 254 g/mol. The summed E-state index contributed by atoms with van der Waals surface area (Å²) in [5.41, 5.74) is 0.591. The summed E-state index contributed by atoms with van der Waals surface area (Å²) < 4.78 is 0. The topological polar surface area (TPSA) is 54.0 Å². The number of nitrogens with zero attached hydrogens (tertiary/aromatic N) is 1. The summed E-state index contributed by atoms with van der Waals surface area (Å²) in [6.45, 7) is 2.01. The van der Waals surface area contributed by atoms with Gasteiger partial charge in [0.2, 0.25) is 5.91 Å². The second kappa shape index (κ2) is 5.98. The smallest absolute Gasteiger partial charge is 0.224 e. The summed E-state index contributed by atoms with van der Waals surface area (Å²) in [6.07, 6.45) is 4.29. The number of halogens is 1. The van der Waals surface area contributed by atoms with Crippen LogP contribution in [0.4, 0.5) is 5.69 Å². The molecule has 1 fully saturated rings. The van der Waals surface area contributed by atoms with Crippen molar-refractivity contribution in [2.45, 2.75) is 19.3 Å². The molecule has 0 unspecified atom stereocenters. The molecule has 2 N–H and O–H groups in total. The first-order chi connectivity index (χ1) is 8.25. The molecule has 92 valence electrons. The maximum Gasteiger partial charge on any atom is 0.224 e. The van der Waals surface area contributed by atoms with Gasteiger partial charge in [0.25, 0.3) is 0 Å². The van der Waals surface area contributed by atoms with Crippen LogP contribution >= 0.6 is 11.6 Å². The number of carbonyl (C=O) groups is 1. The van der Waals surface area contributed by atoms with Gasteiger partial charge in [-0.2, -0.15) is 0 Å². The van der Waals surface area contributed by atoms with Crippen LogP contribution in [-0.4, -0.2) is 24.0 Å². The number of carbonyl (C=O) groups excluding carboxylic acids is 1. The van der Waals surface area contributed by atoms with E-state index in [-0.39, 0.29) is 5.91 Å². The first-order valence-corrected chi connectivity index (χ1v) is 6.24. The van der Waals surface area contributed by atoms with Crippen molar-refractivity contribution in [3.05, 3.63) is 23.5 Å². The first kappa shape index (κ1) is 12.3. The number of hydrogen-bond acceptors (Lipinski definition) is 3. The van der Waals surface area contributed by atoms with Crippen molar-refractivity contribution in [3.8, 4) is 0 Å². The minimum Gasteiger partial charge on any atom is -0.323 e. The zero-order valence-corrected chi connectivity index (χ0v) is 10.3. The lowest BCUT2D eigenvalue weighted by atomic mass is 9.94. The molecular weight excluding hydrogens is 238 g/mol. The molecule has 2 heterocycles. The minimum atomic E-state index is 0.0202. The maximum absolute atomic E-state index is 11.8. The van der Waals surface area contributed by atoms with Gasteiger partial charge >= 0.3 is 0 Å². The van der Waals surface area contributed by atoms with E-state index in [1.807, 2.05) is 0 Å². The van der Waals surface area contributed by atoms with Gasteiger partial charge in [-0.1, -0.05) is 11.6 Å². The highest BCUT2D eigenvalue weighted by atomic mass is 35.5. The number of amides is 1. The molecule has 5 heteroatoms. The molecule has 0 radical (unpaired) electrons. The fourth-order valence-corrected chi connectivity index (χ4v) is 2.20. The predicted octanol–water partition coefficient (Wildman–Crippen LogP) is 2.06. The highest BCUT2D eigenvalue weighted by Crippen LogP contribution is 2.20. The Morgan fingerprint density at radius 1 is 1.53 bits per heavy atom. The minimum absolute atomic E-state index is 0.0202. The van der Waals surface area contributed by atoms with Gasteiger partial charge in [0, 0.05) is 12.6 Å². The van der Waals surface area contributed by atoms with E-state index in [1.54, 1.807) is 18.3 Å². The van der Waals surface area contributed by atoms with Crippen LogP contribution in [0, 0.1) is 5.92 Å². The molecular formula is C12H16ClN3O. The summed E-state index contributed by atoms with van der Waals surface area (Å²) in [4.78, 5) is 15.7. The van der Waals surface area contributed by atoms with Crippen molar-refractivity contribution in [1.82, 2.24) is 10.3 Å². The molecule has 0 aliphatic carbocycles. The SMILES string of the molecule is O=C(CC1CCNCC1)Nc1cccnc1Cl. The Labute approximate surface area is 106 Å².